The van der Waals surface area contributed by atoms with Gasteiger partial charge in [-0.15, -0.1) is 0 Å². The maximum atomic E-state index is 4.58. The molecule has 0 saturated heterocycles. The van der Waals surface area contributed by atoms with Gasteiger partial charge in [0.1, 0.15) is 0 Å². The molecule has 6 aromatic rings. The zero-order valence-electron chi connectivity index (χ0n) is 18.1. The number of hydrogen-bond donors (Lipinski definition) is 0. The number of rotatable bonds is 4. The molecule has 0 radical (unpaired) electrons. The van der Waals surface area contributed by atoms with E-state index in [1.54, 1.807) is 0 Å². The van der Waals surface area contributed by atoms with Crippen LogP contribution in [0.4, 0.5) is 17.1 Å². The molecule has 0 aliphatic heterocycles. The van der Waals surface area contributed by atoms with Gasteiger partial charge < -0.3 is 4.90 Å². The number of nitrogens with zero attached hydrogens (tertiary/aromatic N) is 2. The summed E-state index contributed by atoms with van der Waals surface area (Å²) in [6.07, 6.45) is 1.84. The molecule has 0 aliphatic rings. The molecule has 0 fully saturated rings. The Morgan fingerprint density at radius 3 is 1.70 bits per heavy atom. The largest absolute Gasteiger partial charge is 0.309 e. The average molecular weight is 423 g/mol. The van der Waals surface area contributed by atoms with E-state index in [0.29, 0.717) is 0 Å². The van der Waals surface area contributed by atoms with Crippen molar-refractivity contribution in [3.05, 3.63) is 134 Å². The van der Waals surface area contributed by atoms with E-state index in [0.717, 1.165) is 28.3 Å². The van der Waals surface area contributed by atoms with Gasteiger partial charge in [0.2, 0.25) is 0 Å². The van der Waals surface area contributed by atoms with Crippen molar-refractivity contribution >= 4 is 38.6 Å². The predicted molar refractivity (Wildman–Crippen MR) is 139 cm³/mol. The molecule has 6 rings (SSSR count). The van der Waals surface area contributed by atoms with Gasteiger partial charge in [-0.1, -0.05) is 91.0 Å². The Morgan fingerprint density at radius 2 is 1.06 bits per heavy atom. The normalized spacial score (nSPS) is 11.0. The van der Waals surface area contributed by atoms with Gasteiger partial charge in [0, 0.05) is 28.2 Å². The van der Waals surface area contributed by atoms with E-state index in [4.69, 9.17) is 0 Å². The van der Waals surface area contributed by atoms with Crippen LogP contribution in [-0.4, -0.2) is 4.98 Å². The summed E-state index contributed by atoms with van der Waals surface area (Å²) in [5.41, 5.74) is 5.48. The molecule has 2 heteroatoms. The van der Waals surface area contributed by atoms with Crippen molar-refractivity contribution < 1.29 is 0 Å². The second-order valence-corrected chi connectivity index (χ2v) is 8.10. The fraction of sp³-hybridized carbons (Fsp3) is 0. The lowest BCUT2D eigenvalue weighted by Crippen LogP contribution is -2.11. The molecule has 0 amide bonds. The van der Waals surface area contributed by atoms with Gasteiger partial charge in [-0.05, 0) is 47.2 Å². The SMILES string of the molecule is c1ccc(-c2cccc(N(c3cccc4ccccc34)c3cccc4ccccc34)c2)nc1. The Labute approximate surface area is 193 Å². The predicted octanol–water partition coefficient (Wildman–Crippen LogP) is 8.52. The fourth-order valence-corrected chi connectivity index (χ4v) is 4.55. The first-order valence-corrected chi connectivity index (χ1v) is 11.2. The second-order valence-electron chi connectivity index (χ2n) is 8.10. The highest BCUT2D eigenvalue weighted by Crippen LogP contribution is 2.42. The van der Waals surface area contributed by atoms with Crippen molar-refractivity contribution in [2.45, 2.75) is 0 Å². The molecule has 0 spiro atoms. The van der Waals surface area contributed by atoms with Crippen molar-refractivity contribution in [1.82, 2.24) is 4.98 Å². The maximum Gasteiger partial charge on any atom is 0.0702 e. The zero-order chi connectivity index (χ0) is 22.0. The van der Waals surface area contributed by atoms with Crippen molar-refractivity contribution in [2.24, 2.45) is 0 Å². The van der Waals surface area contributed by atoms with Crippen LogP contribution < -0.4 is 4.90 Å². The van der Waals surface area contributed by atoms with Crippen LogP contribution in [0.15, 0.2) is 134 Å². The Balaban J connectivity index is 1.64. The number of hydrogen-bond acceptors (Lipinski definition) is 2. The average Bonchev–Trinajstić information content (AvgIpc) is 2.90. The minimum Gasteiger partial charge on any atom is -0.309 e. The quantitative estimate of drug-likeness (QED) is 0.283. The van der Waals surface area contributed by atoms with E-state index >= 15 is 0 Å². The molecule has 1 heterocycles. The summed E-state index contributed by atoms with van der Waals surface area (Å²) < 4.78 is 0. The molecule has 5 aromatic carbocycles. The third-order valence-electron chi connectivity index (χ3n) is 6.08. The van der Waals surface area contributed by atoms with E-state index in [2.05, 4.69) is 125 Å². The summed E-state index contributed by atoms with van der Waals surface area (Å²) >= 11 is 0. The number of aromatic nitrogens is 1. The molecule has 0 N–H and O–H groups in total. The molecule has 1 aromatic heterocycles. The van der Waals surface area contributed by atoms with Crippen LogP contribution in [0.3, 0.4) is 0 Å². The Morgan fingerprint density at radius 1 is 0.485 bits per heavy atom. The molecule has 0 aliphatic carbocycles. The van der Waals surface area contributed by atoms with Gasteiger partial charge in [0.15, 0.2) is 0 Å². The smallest absolute Gasteiger partial charge is 0.0702 e. The monoisotopic (exact) mass is 422 g/mol. The van der Waals surface area contributed by atoms with Crippen LogP contribution in [0.2, 0.25) is 0 Å². The number of anilines is 3. The highest BCUT2D eigenvalue weighted by molar-refractivity contribution is 6.04. The van der Waals surface area contributed by atoms with Crippen LogP contribution in [0.5, 0.6) is 0 Å². The standard InChI is InChI=1S/C31H22N2/c1-3-16-27-23(10-1)12-8-19-30(27)33(31-20-9-13-24-11-2-4-17-28(24)31)26-15-7-14-25(22-26)29-18-5-6-21-32-29/h1-22H. The summed E-state index contributed by atoms with van der Waals surface area (Å²) in [4.78, 5) is 6.95. The minimum atomic E-state index is 0.968. The first kappa shape index (κ1) is 19.3. The molecule has 156 valence electrons. The van der Waals surface area contributed by atoms with Gasteiger partial charge in [0.25, 0.3) is 0 Å². The molecule has 0 saturated carbocycles. The highest BCUT2D eigenvalue weighted by Gasteiger charge is 2.18. The summed E-state index contributed by atoms with van der Waals surface area (Å²) in [6.45, 7) is 0. The van der Waals surface area contributed by atoms with Crippen molar-refractivity contribution in [1.29, 1.82) is 0 Å². The highest BCUT2D eigenvalue weighted by atomic mass is 15.1. The van der Waals surface area contributed by atoms with E-state index in [-0.39, 0.29) is 0 Å². The van der Waals surface area contributed by atoms with Crippen LogP contribution in [0, 0.1) is 0 Å². The first-order chi connectivity index (χ1) is 16.4. The van der Waals surface area contributed by atoms with E-state index < -0.39 is 0 Å². The number of benzene rings is 5. The Bertz CT molecular complexity index is 1480. The molecule has 0 bridgehead atoms. The first-order valence-electron chi connectivity index (χ1n) is 11.2. The van der Waals surface area contributed by atoms with Gasteiger partial charge in [-0.2, -0.15) is 0 Å². The lowest BCUT2D eigenvalue weighted by molar-refractivity contribution is 1.29. The lowest BCUT2D eigenvalue weighted by atomic mass is 10.0. The molecule has 0 unspecified atom stereocenters. The zero-order valence-corrected chi connectivity index (χ0v) is 18.1. The van der Waals surface area contributed by atoms with Crippen LogP contribution in [0.25, 0.3) is 32.8 Å². The maximum absolute atomic E-state index is 4.58. The van der Waals surface area contributed by atoms with E-state index in [9.17, 15) is 0 Å². The van der Waals surface area contributed by atoms with Crippen LogP contribution >= 0.6 is 0 Å². The van der Waals surface area contributed by atoms with E-state index in [1.807, 2.05) is 18.3 Å². The molecule has 33 heavy (non-hydrogen) atoms. The van der Waals surface area contributed by atoms with E-state index in [1.165, 1.54) is 21.5 Å². The number of fused-ring (bicyclic) bond motifs is 2. The van der Waals surface area contributed by atoms with Gasteiger partial charge >= 0.3 is 0 Å². The number of pyridine rings is 1. The van der Waals surface area contributed by atoms with Gasteiger partial charge in [0.05, 0.1) is 17.1 Å². The fourth-order valence-electron chi connectivity index (χ4n) is 4.55. The minimum absolute atomic E-state index is 0.968. The molecule has 0 atom stereocenters. The van der Waals surface area contributed by atoms with Gasteiger partial charge in [-0.25, -0.2) is 0 Å². The molecule has 2 nitrogen and oxygen atoms in total. The molecular weight excluding hydrogens is 400 g/mol. The summed E-state index contributed by atoms with van der Waals surface area (Å²) in [5.74, 6) is 0. The van der Waals surface area contributed by atoms with Crippen LogP contribution in [0.1, 0.15) is 0 Å². The lowest BCUT2D eigenvalue weighted by Gasteiger charge is -2.28. The third kappa shape index (κ3) is 3.52. The topological polar surface area (TPSA) is 16.1 Å². The Kier molecular flexibility index (Phi) is 4.82. The summed E-state index contributed by atoms with van der Waals surface area (Å²) in [6, 6.07) is 44.8. The summed E-state index contributed by atoms with van der Waals surface area (Å²) in [7, 11) is 0. The molecular formula is C31H22N2. The van der Waals surface area contributed by atoms with Crippen LogP contribution in [-0.2, 0) is 0 Å². The van der Waals surface area contributed by atoms with Crippen molar-refractivity contribution in [3.63, 3.8) is 0 Å². The van der Waals surface area contributed by atoms with Crippen molar-refractivity contribution in [2.75, 3.05) is 4.90 Å². The third-order valence-corrected chi connectivity index (χ3v) is 6.08. The Hall–Kier alpha value is -4.43. The second kappa shape index (κ2) is 8.25. The van der Waals surface area contributed by atoms with Crippen molar-refractivity contribution in [3.8, 4) is 11.3 Å². The summed E-state index contributed by atoms with van der Waals surface area (Å²) in [5, 5.41) is 4.88. The van der Waals surface area contributed by atoms with Gasteiger partial charge in [-0.3, -0.25) is 4.98 Å².